The number of carbonyl (C=O) groups is 1. The predicted molar refractivity (Wildman–Crippen MR) is 92.3 cm³/mol. The van der Waals surface area contributed by atoms with Crippen LogP contribution in [0.5, 0.6) is 11.5 Å². The Labute approximate surface area is 145 Å². The molecule has 7 heteroatoms. The van der Waals surface area contributed by atoms with Crippen molar-refractivity contribution in [3.8, 4) is 17.6 Å². The summed E-state index contributed by atoms with van der Waals surface area (Å²) in [5, 5.41) is 16.4. The Morgan fingerprint density at radius 1 is 1.32 bits per heavy atom. The molecule has 1 aromatic carbocycles. The standard InChI is InChI=1S/C18H18N4O3/c1-11-15(12(2)22(3)21-11)8-13(10-19)18(23)20-14-4-5-16-17(9-14)25-7-6-24-16/h4-5,8-9H,6-7H2,1-3H3,(H,20,23)/b13-8+. The van der Waals surface area contributed by atoms with Gasteiger partial charge in [0.15, 0.2) is 11.5 Å². The summed E-state index contributed by atoms with van der Waals surface area (Å²) < 4.78 is 12.7. The molecule has 1 aromatic heterocycles. The number of amides is 1. The van der Waals surface area contributed by atoms with Gasteiger partial charge in [0.05, 0.1) is 5.69 Å². The van der Waals surface area contributed by atoms with Crippen LogP contribution in [0.4, 0.5) is 5.69 Å². The third-order valence-corrected chi connectivity index (χ3v) is 4.02. The topological polar surface area (TPSA) is 89.2 Å². The summed E-state index contributed by atoms with van der Waals surface area (Å²) in [6, 6.07) is 7.08. The summed E-state index contributed by atoms with van der Waals surface area (Å²) in [5.41, 5.74) is 2.97. The second kappa shape index (κ2) is 6.69. The zero-order valence-corrected chi connectivity index (χ0v) is 14.3. The molecule has 1 amide bonds. The zero-order chi connectivity index (χ0) is 18.0. The van der Waals surface area contributed by atoms with Crippen molar-refractivity contribution in [1.82, 2.24) is 9.78 Å². The Hall–Kier alpha value is -3.27. The van der Waals surface area contributed by atoms with Crippen LogP contribution in [0.3, 0.4) is 0 Å². The van der Waals surface area contributed by atoms with Crippen LogP contribution >= 0.6 is 0 Å². The first kappa shape index (κ1) is 16.6. The minimum Gasteiger partial charge on any atom is -0.486 e. The molecule has 0 spiro atoms. The average molecular weight is 338 g/mol. The highest BCUT2D eigenvalue weighted by molar-refractivity contribution is 6.09. The molecule has 128 valence electrons. The second-order valence-electron chi connectivity index (χ2n) is 5.69. The monoisotopic (exact) mass is 338 g/mol. The first-order valence-electron chi connectivity index (χ1n) is 7.82. The van der Waals surface area contributed by atoms with E-state index < -0.39 is 5.91 Å². The van der Waals surface area contributed by atoms with Crippen molar-refractivity contribution >= 4 is 17.7 Å². The molecule has 0 saturated carbocycles. The lowest BCUT2D eigenvalue weighted by atomic mass is 10.1. The highest BCUT2D eigenvalue weighted by Crippen LogP contribution is 2.32. The molecule has 0 radical (unpaired) electrons. The minimum absolute atomic E-state index is 0.00842. The first-order valence-corrected chi connectivity index (χ1v) is 7.82. The third-order valence-electron chi connectivity index (χ3n) is 4.02. The van der Waals surface area contributed by atoms with Gasteiger partial charge in [-0.1, -0.05) is 0 Å². The van der Waals surface area contributed by atoms with Gasteiger partial charge in [-0.15, -0.1) is 0 Å². The van der Waals surface area contributed by atoms with Crippen LogP contribution in [0.1, 0.15) is 17.0 Å². The second-order valence-corrected chi connectivity index (χ2v) is 5.69. The molecule has 1 aliphatic heterocycles. The number of fused-ring (bicyclic) bond motifs is 1. The molecule has 0 saturated heterocycles. The van der Waals surface area contributed by atoms with E-state index in [1.165, 1.54) is 0 Å². The number of benzene rings is 1. The van der Waals surface area contributed by atoms with Crippen LogP contribution < -0.4 is 14.8 Å². The summed E-state index contributed by atoms with van der Waals surface area (Å²) in [4.78, 5) is 12.4. The van der Waals surface area contributed by atoms with Crippen molar-refractivity contribution < 1.29 is 14.3 Å². The Balaban J connectivity index is 1.84. The van der Waals surface area contributed by atoms with E-state index in [0.29, 0.717) is 30.4 Å². The van der Waals surface area contributed by atoms with E-state index in [9.17, 15) is 10.1 Å². The van der Waals surface area contributed by atoms with Gasteiger partial charge in [-0.25, -0.2) is 0 Å². The number of hydrogen-bond acceptors (Lipinski definition) is 5. The smallest absolute Gasteiger partial charge is 0.266 e. The SMILES string of the molecule is Cc1nn(C)c(C)c1/C=C(\C#N)C(=O)Nc1ccc2c(c1)OCCO2. The number of carbonyl (C=O) groups excluding carboxylic acids is 1. The van der Waals surface area contributed by atoms with E-state index in [1.54, 1.807) is 29.0 Å². The van der Waals surface area contributed by atoms with Crippen LogP contribution in [-0.4, -0.2) is 28.9 Å². The summed E-state index contributed by atoms with van der Waals surface area (Å²) in [6.07, 6.45) is 1.56. The van der Waals surface area contributed by atoms with Gasteiger partial charge in [-0.2, -0.15) is 10.4 Å². The number of aromatic nitrogens is 2. The molecule has 25 heavy (non-hydrogen) atoms. The quantitative estimate of drug-likeness (QED) is 0.685. The van der Waals surface area contributed by atoms with Crippen LogP contribution in [-0.2, 0) is 11.8 Å². The fourth-order valence-corrected chi connectivity index (χ4v) is 2.61. The van der Waals surface area contributed by atoms with Gasteiger partial charge in [0.25, 0.3) is 5.91 Å². The number of aryl methyl sites for hydroxylation is 2. The largest absolute Gasteiger partial charge is 0.486 e. The number of nitrogens with zero attached hydrogens (tertiary/aromatic N) is 3. The maximum atomic E-state index is 12.4. The summed E-state index contributed by atoms with van der Waals surface area (Å²) in [7, 11) is 1.82. The molecule has 1 aliphatic rings. The number of nitrogens with one attached hydrogen (secondary N) is 1. The molecule has 3 rings (SSSR count). The van der Waals surface area contributed by atoms with Gasteiger partial charge in [-0.3, -0.25) is 9.48 Å². The number of nitriles is 1. The lowest BCUT2D eigenvalue weighted by molar-refractivity contribution is -0.112. The molecule has 0 unspecified atom stereocenters. The molecule has 1 N–H and O–H groups in total. The Kier molecular flexibility index (Phi) is 4.44. The Morgan fingerprint density at radius 2 is 2.04 bits per heavy atom. The number of rotatable bonds is 3. The highest BCUT2D eigenvalue weighted by Gasteiger charge is 2.16. The van der Waals surface area contributed by atoms with Crippen LogP contribution in [0.25, 0.3) is 6.08 Å². The van der Waals surface area contributed by atoms with E-state index in [0.717, 1.165) is 17.0 Å². The van der Waals surface area contributed by atoms with Gasteiger partial charge in [-0.05, 0) is 32.1 Å². The van der Waals surface area contributed by atoms with Crippen molar-refractivity contribution in [2.24, 2.45) is 7.05 Å². The molecular formula is C18H18N4O3. The fraction of sp³-hybridized carbons (Fsp3) is 0.278. The van der Waals surface area contributed by atoms with Crippen molar-refractivity contribution in [2.75, 3.05) is 18.5 Å². The van der Waals surface area contributed by atoms with Gasteiger partial charge in [0.1, 0.15) is 24.9 Å². The summed E-state index contributed by atoms with van der Waals surface area (Å²) in [6.45, 7) is 4.70. The average Bonchev–Trinajstić information content (AvgIpc) is 2.84. The molecule has 7 nitrogen and oxygen atoms in total. The van der Waals surface area contributed by atoms with E-state index in [4.69, 9.17) is 9.47 Å². The lowest BCUT2D eigenvalue weighted by Gasteiger charge is -2.18. The molecule has 0 aliphatic carbocycles. The van der Waals surface area contributed by atoms with Crippen molar-refractivity contribution in [1.29, 1.82) is 5.26 Å². The van der Waals surface area contributed by atoms with Crippen molar-refractivity contribution in [3.63, 3.8) is 0 Å². The van der Waals surface area contributed by atoms with Gasteiger partial charge >= 0.3 is 0 Å². The summed E-state index contributed by atoms with van der Waals surface area (Å²) >= 11 is 0. The lowest BCUT2D eigenvalue weighted by Crippen LogP contribution is -2.17. The van der Waals surface area contributed by atoms with Crippen molar-refractivity contribution in [2.45, 2.75) is 13.8 Å². The molecule has 0 fully saturated rings. The normalized spacial score (nSPS) is 13.3. The van der Waals surface area contributed by atoms with Crippen LogP contribution in [0.2, 0.25) is 0 Å². The predicted octanol–water partition coefficient (Wildman–Crippen LogP) is 2.35. The zero-order valence-electron chi connectivity index (χ0n) is 14.3. The molecule has 2 heterocycles. The van der Waals surface area contributed by atoms with Crippen LogP contribution in [0.15, 0.2) is 23.8 Å². The molecular weight excluding hydrogens is 320 g/mol. The highest BCUT2D eigenvalue weighted by atomic mass is 16.6. The first-order chi connectivity index (χ1) is 12.0. The third kappa shape index (κ3) is 3.33. The van der Waals surface area contributed by atoms with E-state index in [2.05, 4.69) is 10.4 Å². The van der Waals surface area contributed by atoms with Gasteiger partial charge < -0.3 is 14.8 Å². The Morgan fingerprint density at radius 3 is 2.68 bits per heavy atom. The van der Waals surface area contributed by atoms with E-state index in [1.807, 2.05) is 27.0 Å². The number of hydrogen-bond donors (Lipinski definition) is 1. The maximum absolute atomic E-state index is 12.4. The Bertz CT molecular complexity index is 906. The van der Waals surface area contributed by atoms with Gasteiger partial charge in [0, 0.05) is 30.1 Å². The number of ether oxygens (including phenoxy) is 2. The molecule has 2 aromatic rings. The maximum Gasteiger partial charge on any atom is 0.266 e. The minimum atomic E-state index is -0.484. The summed E-state index contributed by atoms with van der Waals surface area (Å²) in [5.74, 6) is 0.731. The number of anilines is 1. The van der Waals surface area contributed by atoms with Crippen molar-refractivity contribution in [3.05, 3.63) is 40.7 Å². The van der Waals surface area contributed by atoms with E-state index in [-0.39, 0.29) is 5.57 Å². The van der Waals surface area contributed by atoms with Crippen LogP contribution in [0, 0.1) is 25.2 Å². The van der Waals surface area contributed by atoms with Gasteiger partial charge in [0.2, 0.25) is 0 Å². The van der Waals surface area contributed by atoms with E-state index >= 15 is 0 Å². The molecule has 0 bridgehead atoms. The molecule has 0 atom stereocenters. The fourth-order valence-electron chi connectivity index (χ4n) is 2.61.